The molecule has 0 radical (unpaired) electrons. The fraction of sp³-hybridized carbons (Fsp3) is 0.429. The first-order valence-electron chi connectivity index (χ1n) is 6.05. The SMILES string of the molecule is CCCC(C)(C)OC(N)=O.O=C(O)c1ccccc1. The van der Waals surface area contributed by atoms with Gasteiger partial charge in [0.05, 0.1) is 5.56 Å². The van der Waals surface area contributed by atoms with E-state index in [2.05, 4.69) is 0 Å². The molecule has 19 heavy (non-hydrogen) atoms. The molecule has 0 spiro atoms. The number of carboxylic acid groups (broad SMARTS) is 1. The Kier molecular flexibility index (Phi) is 7.26. The maximum atomic E-state index is 10.3. The highest BCUT2D eigenvalue weighted by molar-refractivity contribution is 5.87. The number of benzene rings is 1. The normalized spacial score (nSPS) is 10.1. The monoisotopic (exact) mass is 267 g/mol. The van der Waals surface area contributed by atoms with Gasteiger partial charge >= 0.3 is 12.1 Å². The number of nitrogens with two attached hydrogens (primary N) is 1. The van der Waals surface area contributed by atoms with Gasteiger partial charge in [0.25, 0.3) is 0 Å². The molecule has 0 aromatic heterocycles. The number of primary amides is 1. The number of carbonyl (C=O) groups excluding carboxylic acids is 1. The molecule has 3 N–H and O–H groups in total. The molecule has 0 aliphatic heterocycles. The molecule has 5 nitrogen and oxygen atoms in total. The summed E-state index contributed by atoms with van der Waals surface area (Å²) in [5, 5.41) is 8.38. The van der Waals surface area contributed by atoms with Gasteiger partial charge in [0.2, 0.25) is 0 Å². The van der Waals surface area contributed by atoms with Gasteiger partial charge in [-0.15, -0.1) is 0 Å². The van der Waals surface area contributed by atoms with Crippen LogP contribution in [0.1, 0.15) is 44.0 Å². The van der Waals surface area contributed by atoms with Crippen LogP contribution >= 0.6 is 0 Å². The van der Waals surface area contributed by atoms with E-state index in [1.165, 1.54) is 0 Å². The van der Waals surface area contributed by atoms with Crippen LogP contribution in [0.4, 0.5) is 4.79 Å². The van der Waals surface area contributed by atoms with Crippen molar-refractivity contribution in [2.75, 3.05) is 0 Å². The molecule has 106 valence electrons. The van der Waals surface area contributed by atoms with Crippen LogP contribution < -0.4 is 5.73 Å². The standard InChI is InChI=1S/C7H15NO2.C7H6O2/c1-4-5-7(2,3)10-6(8)9;8-7(9)6-4-2-1-3-5-6/h4-5H2,1-3H3,(H2,8,9);1-5H,(H,8,9). The zero-order valence-electron chi connectivity index (χ0n) is 11.6. The van der Waals surface area contributed by atoms with E-state index in [1.807, 2.05) is 20.8 Å². The van der Waals surface area contributed by atoms with Gasteiger partial charge in [0.1, 0.15) is 5.60 Å². The first-order valence-corrected chi connectivity index (χ1v) is 6.05. The third kappa shape index (κ3) is 8.65. The molecule has 1 rings (SSSR count). The average molecular weight is 267 g/mol. The van der Waals surface area contributed by atoms with Crippen LogP contribution in [0.15, 0.2) is 30.3 Å². The zero-order valence-corrected chi connectivity index (χ0v) is 11.6. The molecule has 1 aromatic carbocycles. The molecule has 0 saturated heterocycles. The van der Waals surface area contributed by atoms with Crippen molar-refractivity contribution in [3.05, 3.63) is 35.9 Å². The number of ether oxygens (including phenoxy) is 1. The highest BCUT2D eigenvalue weighted by atomic mass is 16.6. The Labute approximate surface area is 113 Å². The number of carbonyl (C=O) groups is 2. The number of amides is 1. The summed E-state index contributed by atoms with van der Waals surface area (Å²) in [4.78, 5) is 20.5. The molecule has 1 amide bonds. The van der Waals surface area contributed by atoms with Crippen molar-refractivity contribution in [2.45, 2.75) is 39.2 Å². The quantitative estimate of drug-likeness (QED) is 0.877. The molecule has 0 aliphatic carbocycles. The second-order valence-electron chi connectivity index (χ2n) is 4.60. The Morgan fingerprint density at radius 2 is 1.79 bits per heavy atom. The van der Waals surface area contributed by atoms with E-state index >= 15 is 0 Å². The minimum atomic E-state index is -0.879. The largest absolute Gasteiger partial charge is 0.478 e. The second-order valence-corrected chi connectivity index (χ2v) is 4.60. The smallest absolute Gasteiger partial charge is 0.405 e. The van der Waals surface area contributed by atoms with Crippen LogP contribution in [-0.2, 0) is 4.74 Å². The molecule has 0 bridgehead atoms. The molecule has 0 fully saturated rings. The molecule has 0 aliphatic rings. The summed E-state index contributed by atoms with van der Waals surface area (Å²) < 4.78 is 4.82. The van der Waals surface area contributed by atoms with Gasteiger partial charge in [0.15, 0.2) is 0 Å². The first kappa shape index (κ1) is 17.0. The van der Waals surface area contributed by atoms with Gasteiger partial charge in [0, 0.05) is 0 Å². The van der Waals surface area contributed by atoms with E-state index in [-0.39, 0.29) is 0 Å². The minimum absolute atomic E-state index is 0.331. The van der Waals surface area contributed by atoms with Gasteiger partial charge in [-0.1, -0.05) is 31.5 Å². The van der Waals surface area contributed by atoms with Crippen molar-refractivity contribution in [3.63, 3.8) is 0 Å². The summed E-state index contributed by atoms with van der Waals surface area (Å²) in [6, 6.07) is 8.30. The molecular formula is C14H21NO4. The Morgan fingerprint density at radius 3 is 2.11 bits per heavy atom. The molecule has 0 unspecified atom stereocenters. The number of rotatable bonds is 4. The summed E-state index contributed by atoms with van der Waals surface area (Å²) in [7, 11) is 0. The molecule has 5 heteroatoms. The lowest BCUT2D eigenvalue weighted by Gasteiger charge is -2.22. The lowest BCUT2D eigenvalue weighted by atomic mass is 10.0. The van der Waals surface area contributed by atoms with Crippen molar-refractivity contribution in [3.8, 4) is 0 Å². The van der Waals surface area contributed by atoms with Crippen LogP contribution in [0.2, 0.25) is 0 Å². The summed E-state index contributed by atoms with van der Waals surface area (Å²) in [6.07, 6.45) is 1.13. The predicted octanol–water partition coefficient (Wildman–Crippen LogP) is 3.05. The fourth-order valence-corrected chi connectivity index (χ4v) is 1.51. The minimum Gasteiger partial charge on any atom is -0.478 e. The molecule has 0 atom stereocenters. The third-order valence-electron chi connectivity index (χ3n) is 2.25. The Morgan fingerprint density at radius 1 is 1.26 bits per heavy atom. The summed E-state index contributed by atoms with van der Waals surface area (Å²) in [6.45, 7) is 5.73. The zero-order chi connectivity index (χ0) is 14.9. The lowest BCUT2D eigenvalue weighted by molar-refractivity contribution is 0.0386. The van der Waals surface area contributed by atoms with Crippen LogP contribution in [0.25, 0.3) is 0 Å². The van der Waals surface area contributed by atoms with E-state index in [4.69, 9.17) is 15.6 Å². The molecular weight excluding hydrogens is 246 g/mol. The van der Waals surface area contributed by atoms with E-state index in [0.29, 0.717) is 5.56 Å². The van der Waals surface area contributed by atoms with Crippen molar-refractivity contribution in [1.29, 1.82) is 0 Å². The Bertz CT molecular complexity index is 401. The predicted molar refractivity (Wildman–Crippen MR) is 73.1 cm³/mol. The van der Waals surface area contributed by atoms with Crippen LogP contribution in [0.3, 0.4) is 0 Å². The summed E-state index contributed by atoms with van der Waals surface area (Å²) in [5.74, 6) is -0.879. The number of hydrogen-bond acceptors (Lipinski definition) is 3. The average Bonchev–Trinajstić information content (AvgIpc) is 2.29. The fourth-order valence-electron chi connectivity index (χ4n) is 1.51. The van der Waals surface area contributed by atoms with Gasteiger partial charge in [-0.05, 0) is 32.4 Å². The Hall–Kier alpha value is -2.04. The summed E-state index contributed by atoms with van der Waals surface area (Å²) in [5.41, 5.74) is 4.78. The van der Waals surface area contributed by atoms with Crippen molar-refractivity contribution >= 4 is 12.1 Å². The van der Waals surface area contributed by atoms with Gasteiger partial charge in [-0.3, -0.25) is 0 Å². The first-order chi connectivity index (χ1) is 8.78. The molecule has 1 aromatic rings. The maximum Gasteiger partial charge on any atom is 0.405 e. The Balaban J connectivity index is 0.000000342. The summed E-state index contributed by atoms with van der Waals surface area (Å²) >= 11 is 0. The van der Waals surface area contributed by atoms with Crippen molar-refractivity contribution in [1.82, 2.24) is 0 Å². The van der Waals surface area contributed by atoms with Gasteiger partial charge < -0.3 is 15.6 Å². The van der Waals surface area contributed by atoms with E-state index in [0.717, 1.165) is 12.8 Å². The third-order valence-corrected chi connectivity index (χ3v) is 2.25. The van der Waals surface area contributed by atoms with Crippen LogP contribution in [0, 0.1) is 0 Å². The van der Waals surface area contributed by atoms with Crippen molar-refractivity contribution in [2.24, 2.45) is 5.73 Å². The number of carboxylic acids is 1. The van der Waals surface area contributed by atoms with E-state index in [1.54, 1.807) is 30.3 Å². The van der Waals surface area contributed by atoms with E-state index in [9.17, 15) is 9.59 Å². The maximum absolute atomic E-state index is 10.3. The molecule has 0 heterocycles. The number of aromatic carboxylic acids is 1. The van der Waals surface area contributed by atoms with Gasteiger partial charge in [-0.25, -0.2) is 9.59 Å². The number of hydrogen-bond donors (Lipinski definition) is 2. The second kappa shape index (κ2) is 8.13. The highest BCUT2D eigenvalue weighted by Gasteiger charge is 2.19. The van der Waals surface area contributed by atoms with Crippen molar-refractivity contribution < 1.29 is 19.4 Å². The lowest BCUT2D eigenvalue weighted by Crippen LogP contribution is -2.30. The molecule has 0 saturated carbocycles. The van der Waals surface area contributed by atoms with Gasteiger partial charge in [-0.2, -0.15) is 0 Å². The topological polar surface area (TPSA) is 89.6 Å². The highest BCUT2D eigenvalue weighted by Crippen LogP contribution is 2.15. The van der Waals surface area contributed by atoms with Crippen LogP contribution in [0.5, 0.6) is 0 Å². The van der Waals surface area contributed by atoms with Crippen LogP contribution in [-0.4, -0.2) is 22.8 Å². The van der Waals surface area contributed by atoms with E-state index < -0.39 is 17.7 Å².